The van der Waals surface area contributed by atoms with Crippen molar-refractivity contribution in [3.05, 3.63) is 24.3 Å². The van der Waals surface area contributed by atoms with Gasteiger partial charge in [-0.2, -0.15) is 0 Å². The van der Waals surface area contributed by atoms with E-state index in [1.54, 1.807) is 24.3 Å². The Balaban J connectivity index is 2.76. The van der Waals surface area contributed by atoms with Gasteiger partial charge in [0.25, 0.3) is 0 Å². The molecule has 18 heavy (non-hydrogen) atoms. The molecule has 0 saturated carbocycles. The Bertz CT molecular complexity index is 485. The first-order valence-corrected chi connectivity index (χ1v) is 5.31. The fourth-order valence-electron chi connectivity index (χ4n) is 1.24. The number of carbonyl (C=O) groups is 3. The largest absolute Gasteiger partial charge is 0.481 e. The van der Waals surface area contributed by atoms with Crippen molar-refractivity contribution in [1.29, 1.82) is 0 Å². The van der Waals surface area contributed by atoms with Crippen molar-refractivity contribution in [1.82, 2.24) is 0 Å². The summed E-state index contributed by atoms with van der Waals surface area (Å²) in [4.78, 5) is 33.0. The van der Waals surface area contributed by atoms with E-state index >= 15 is 0 Å². The van der Waals surface area contributed by atoms with Gasteiger partial charge in [0.1, 0.15) is 5.92 Å². The van der Waals surface area contributed by atoms with E-state index in [4.69, 9.17) is 5.11 Å². The quantitative estimate of drug-likeness (QED) is 0.702. The van der Waals surface area contributed by atoms with E-state index in [1.165, 1.54) is 13.8 Å². The smallest absolute Gasteiger partial charge is 0.315 e. The molecule has 3 N–H and O–H groups in total. The Labute approximate surface area is 104 Å². The molecule has 0 fully saturated rings. The molecule has 2 amide bonds. The van der Waals surface area contributed by atoms with Gasteiger partial charge in [0.15, 0.2) is 0 Å². The maximum Gasteiger partial charge on any atom is 0.315 e. The van der Waals surface area contributed by atoms with Gasteiger partial charge in [0, 0.05) is 18.3 Å². The minimum atomic E-state index is -1.19. The summed E-state index contributed by atoms with van der Waals surface area (Å²) < 4.78 is 0. The molecule has 0 spiro atoms. The maximum atomic E-state index is 11.5. The van der Waals surface area contributed by atoms with Crippen LogP contribution in [0.5, 0.6) is 0 Å². The molecule has 0 radical (unpaired) electrons. The molecule has 1 rings (SSSR count). The van der Waals surface area contributed by atoms with E-state index in [0.717, 1.165) is 0 Å². The molecule has 1 aromatic rings. The number of benzene rings is 1. The van der Waals surface area contributed by atoms with Gasteiger partial charge in [-0.1, -0.05) is 6.07 Å². The average Bonchev–Trinajstić information content (AvgIpc) is 2.27. The van der Waals surface area contributed by atoms with Crippen LogP contribution in [0.1, 0.15) is 13.8 Å². The molecule has 0 saturated heterocycles. The molecule has 1 unspecified atom stereocenters. The zero-order valence-electron chi connectivity index (χ0n) is 10.1. The summed E-state index contributed by atoms with van der Waals surface area (Å²) in [6.45, 7) is 2.67. The molecule has 0 bridgehead atoms. The summed E-state index contributed by atoms with van der Waals surface area (Å²) in [6.07, 6.45) is 0. The third kappa shape index (κ3) is 3.89. The lowest BCUT2D eigenvalue weighted by Gasteiger charge is -2.09. The Morgan fingerprint density at radius 3 is 2.22 bits per heavy atom. The number of nitrogens with one attached hydrogen (secondary N) is 2. The lowest BCUT2D eigenvalue weighted by molar-refractivity contribution is -0.144. The number of amides is 2. The van der Waals surface area contributed by atoms with Gasteiger partial charge in [0.05, 0.1) is 0 Å². The number of carbonyl (C=O) groups excluding carboxylic acids is 2. The molecule has 1 aromatic carbocycles. The molecular formula is C12H14N2O4. The maximum absolute atomic E-state index is 11.5. The fraction of sp³-hybridized carbons (Fsp3) is 0.250. The van der Waals surface area contributed by atoms with E-state index in [1.807, 2.05) is 0 Å². The summed E-state index contributed by atoms with van der Waals surface area (Å²) in [5, 5.41) is 13.7. The second-order valence-corrected chi connectivity index (χ2v) is 3.81. The van der Waals surface area contributed by atoms with E-state index < -0.39 is 17.8 Å². The Morgan fingerprint density at radius 2 is 1.72 bits per heavy atom. The van der Waals surface area contributed by atoms with Gasteiger partial charge in [0.2, 0.25) is 11.8 Å². The van der Waals surface area contributed by atoms with Gasteiger partial charge < -0.3 is 15.7 Å². The van der Waals surface area contributed by atoms with Crippen LogP contribution in [0.4, 0.5) is 11.4 Å². The Morgan fingerprint density at radius 1 is 1.17 bits per heavy atom. The van der Waals surface area contributed by atoms with Crippen LogP contribution in [0.3, 0.4) is 0 Å². The van der Waals surface area contributed by atoms with Crippen LogP contribution in [-0.2, 0) is 14.4 Å². The minimum Gasteiger partial charge on any atom is -0.481 e. The molecular weight excluding hydrogens is 236 g/mol. The zero-order valence-corrected chi connectivity index (χ0v) is 10.1. The highest BCUT2D eigenvalue weighted by molar-refractivity contribution is 6.04. The monoisotopic (exact) mass is 250 g/mol. The highest BCUT2D eigenvalue weighted by Gasteiger charge is 2.20. The number of rotatable bonds is 4. The predicted molar refractivity (Wildman–Crippen MR) is 66.2 cm³/mol. The van der Waals surface area contributed by atoms with E-state index in [9.17, 15) is 14.4 Å². The van der Waals surface area contributed by atoms with Gasteiger partial charge in [-0.15, -0.1) is 0 Å². The highest BCUT2D eigenvalue weighted by atomic mass is 16.4. The molecule has 0 aliphatic carbocycles. The topological polar surface area (TPSA) is 95.5 Å². The zero-order chi connectivity index (χ0) is 13.7. The third-order valence-electron chi connectivity index (χ3n) is 2.21. The molecule has 6 nitrogen and oxygen atoms in total. The van der Waals surface area contributed by atoms with Crippen molar-refractivity contribution in [3.8, 4) is 0 Å². The number of hydrogen-bond acceptors (Lipinski definition) is 3. The Kier molecular flexibility index (Phi) is 4.42. The molecule has 1 atom stereocenters. The van der Waals surface area contributed by atoms with Crippen LogP contribution >= 0.6 is 0 Å². The van der Waals surface area contributed by atoms with Crippen molar-refractivity contribution < 1.29 is 19.5 Å². The number of hydrogen-bond donors (Lipinski definition) is 3. The highest BCUT2D eigenvalue weighted by Crippen LogP contribution is 2.15. The van der Waals surface area contributed by atoms with E-state index in [2.05, 4.69) is 10.6 Å². The number of aliphatic carboxylic acids is 1. The van der Waals surface area contributed by atoms with Crippen LogP contribution in [0.2, 0.25) is 0 Å². The van der Waals surface area contributed by atoms with Gasteiger partial charge in [-0.3, -0.25) is 14.4 Å². The molecule has 0 aliphatic heterocycles. The second kappa shape index (κ2) is 5.81. The number of anilines is 2. The summed E-state index contributed by atoms with van der Waals surface area (Å²) in [5.41, 5.74) is 0.961. The predicted octanol–water partition coefficient (Wildman–Crippen LogP) is 1.30. The summed E-state index contributed by atoms with van der Waals surface area (Å²) >= 11 is 0. The lowest BCUT2D eigenvalue weighted by atomic mass is 10.1. The minimum absolute atomic E-state index is 0.225. The van der Waals surface area contributed by atoms with E-state index in [0.29, 0.717) is 11.4 Å². The molecule has 6 heteroatoms. The van der Waals surface area contributed by atoms with Gasteiger partial charge in [-0.25, -0.2) is 0 Å². The first kappa shape index (κ1) is 13.7. The second-order valence-electron chi connectivity index (χ2n) is 3.81. The standard InChI is InChI=1S/C12H14N2O4/c1-7(12(17)18)11(16)14-10-5-3-4-9(6-10)13-8(2)15/h3-7H,1-2H3,(H,13,15)(H,14,16)(H,17,18). The van der Waals surface area contributed by atoms with Crippen molar-refractivity contribution in [2.24, 2.45) is 5.92 Å². The SMILES string of the molecule is CC(=O)Nc1cccc(NC(=O)C(C)C(=O)O)c1. The summed E-state index contributed by atoms with van der Waals surface area (Å²) in [5.74, 6) is -3.15. The number of carboxylic acids is 1. The van der Waals surface area contributed by atoms with Crippen molar-refractivity contribution in [2.45, 2.75) is 13.8 Å². The van der Waals surface area contributed by atoms with Gasteiger partial charge >= 0.3 is 5.97 Å². The first-order chi connectivity index (χ1) is 8.40. The van der Waals surface area contributed by atoms with Gasteiger partial charge in [-0.05, 0) is 25.1 Å². The normalized spacial score (nSPS) is 11.4. The van der Waals surface area contributed by atoms with Crippen molar-refractivity contribution >= 4 is 29.2 Å². The molecule has 0 aliphatic rings. The van der Waals surface area contributed by atoms with Crippen LogP contribution in [-0.4, -0.2) is 22.9 Å². The van der Waals surface area contributed by atoms with Crippen LogP contribution in [0.25, 0.3) is 0 Å². The van der Waals surface area contributed by atoms with Crippen molar-refractivity contribution in [2.75, 3.05) is 10.6 Å². The van der Waals surface area contributed by atoms with Crippen LogP contribution in [0, 0.1) is 5.92 Å². The number of carboxylic acid groups (broad SMARTS) is 1. The fourth-order valence-corrected chi connectivity index (χ4v) is 1.24. The lowest BCUT2D eigenvalue weighted by Crippen LogP contribution is -2.26. The average molecular weight is 250 g/mol. The third-order valence-corrected chi connectivity index (χ3v) is 2.21. The van der Waals surface area contributed by atoms with Crippen molar-refractivity contribution in [3.63, 3.8) is 0 Å². The van der Waals surface area contributed by atoms with Crippen LogP contribution < -0.4 is 10.6 Å². The first-order valence-electron chi connectivity index (χ1n) is 5.31. The van der Waals surface area contributed by atoms with Crippen LogP contribution in [0.15, 0.2) is 24.3 Å². The summed E-state index contributed by atoms with van der Waals surface area (Å²) in [6, 6.07) is 6.47. The molecule has 96 valence electrons. The Hall–Kier alpha value is -2.37. The molecule has 0 aromatic heterocycles. The summed E-state index contributed by atoms with van der Waals surface area (Å²) in [7, 11) is 0. The molecule has 0 heterocycles. The van der Waals surface area contributed by atoms with E-state index in [-0.39, 0.29) is 5.91 Å².